The van der Waals surface area contributed by atoms with Gasteiger partial charge in [-0.2, -0.15) is 5.10 Å². The second kappa shape index (κ2) is 6.65. The van der Waals surface area contributed by atoms with Crippen LogP contribution in [0.15, 0.2) is 30.6 Å². The lowest BCUT2D eigenvalue weighted by atomic mass is 10.1. The molecule has 7 nitrogen and oxygen atoms in total. The van der Waals surface area contributed by atoms with E-state index in [0.717, 1.165) is 0 Å². The maximum atomic E-state index is 12.2. The fourth-order valence-corrected chi connectivity index (χ4v) is 1.95. The maximum Gasteiger partial charge on any atom is 0.255 e. The van der Waals surface area contributed by atoms with Gasteiger partial charge in [-0.3, -0.25) is 9.48 Å². The first kappa shape index (κ1) is 14.7. The van der Waals surface area contributed by atoms with E-state index < -0.39 is 0 Å². The van der Waals surface area contributed by atoms with Gasteiger partial charge in [0.25, 0.3) is 5.91 Å². The third-order valence-electron chi connectivity index (χ3n) is 2.93. The number of ether oxygens (including phenoxy) is 2. The van der Waals surface area contributed by atoms with Crippen LogP contribution in [-0.4, -0.2) is 36.5 Å². The number of hydrogen-bond donors (Lipinski definition) is 2. The Kier molecular flexibility index (Phi) is 4.65. The van der Waals surface area contributed by atoms with Crippen LogP contribution in [0.5, 0.6) is 11.5 Å². The van der Waals surface area contributed by atoms with Crippen LogP contribution in [0.2, 0.25) is 0 Å². The summed E-state index contributed by atoms with van der Waals surface area (Å²) in [5.74, 6) is 0.705. The lowest BCUT2D eigenvalue weighted by Crippen LogP contribution is -2.27. The van der Waals surface area contributed by atoms with Gasteiger partial charge in [-0.05, 0) is 12.1 Å². The summed E-state index contributed by atoms with van der Waals surface area (Å²) in [6.45, 7) is 0.968. The lowest BCUT2D eigenvalue weighted by molar-refractivity contribution is 0.0948. The molecular weight excluding hydrogens is 272 g/mol. The highest BCUT2D eigenvalue weighted by atomic mass is 16.5. The molecule has 0 unspecified atom stereocenters. The lowest BCUT2D eigenvalue weighted by Gasteiger charge is -2.12. The first-order valence-corrected chi connectivity index (χ1v) is 6.43. The summed E-state index contributed by atoms with van der Waals surface area (Å²) in [5, 5.41) is 6.85. The molecule has 1 amide bonds. The highest BCUT2D eigenvalue weighted by Gasteiger charge is 2.15. The number of amides is 1. The Labute approximate surface area is 122 Å². The van der Waals surface area contributed by atoms with Gasteiger partial charge in [-0.15, -0.1) is 0 Å². The Balaban J connectivity index is 2.00. The van der Waals surface area contributed by atoms with Crippen LogP contribution in [-0.2, 0) is 6.54 Å². The minimum absolute atomic E-state index is 0.231. The molecule has 0 saturated carbocycles. The van der Waals surface area contributed by atoms with E-state index in [0.29, 0.717) is 35.8 Å². The van der Waals surface area contributed by atoms with Gasteiger partial charge in [-0.1, -0.05) is 6.07 Å². The topological polar surface area (TPSA) is 91.4 Å². The summed E-state index contributed by atoms with van der Waals surface area (Å²) in [7, 11) is 3.03. The number of hydrogen-bond acceptors (Lipinski definition) is 5. The van der Waals surface area contributed by atoms with E-state index in [4.69, 9.17) is 15.2 Å². The number of carbonyl (C=O) groups is 1. The van der Waals surface area contributed by atoms with Crippen molar-refractivity contribution in [3.63, 3.8) is 0 Å². The molecule has 0 saturated heterocycles. The van der Waals surface area contributed by atoms with Gasteiger partial charge < -0.3 is 20.5 Å². The average molecular weight is 290 g/mol. The molecule has 3 N–H and O–H groups in total. The number of nitrogen functional groups attached to an aromatic ring is 1. The highest BCUT2D eigenvalue weighted by molar-refractivity contribution is 5.97. The standard InChI is InChI=1S/C14H18N4O3/c1-20-12-5-3-4-11(13(12)21-2)14(19)16-6-7-18-9-10(15)8-17-18/h3-5,8-9H,6-7,15H2,1-2H3,(H,16,19). The van der Waals surface area contributed by atoms with Gasteiger partial charge in [-0.25, -0.2) is 0 Å². The van der Waals surface area contributed by atoms with E-state index in [9.17, 15) is 4.79 Å². The summed E-state index contributed by atoms with van der Waals surface area (Å²) in [6.07, 6.45) is 3.27. The third-order valence-corrected chi connectivity index (χ3v) is 2.93. The monoisotopic (exact) mass is 290 g/mol. The Morgan fingerprint density at radius 2 is 2.19 bits per heavy atom. The second-order valence-corrected chi connectivity index (χ2v) is 4.33. The number of nitrogens with one attached hydrogen (secondary N) is 1. The van der Waals surface area contributed by atoms with Crippen LogP contribution in [0, 0.1) is 0 Å². The molecule has 0 aliphatic carbocycles. The number of carbonyl (C=O) groups excluding carboxylic acids is 1. The number of rotatable bonds is 6. The molecule has 1 aromatic heterocycles. The Bertz CT molecular complexity index is 624. The summed E-state index contributed by atoms with van der Waals surface area (Å²) in [5.41, 5.74) is 6.59. The zero-order valence-corrected chi connectivity index (χ0v) is 12.0. The van der Waals surface area contributed by atoms with E-state index >= 15 is 0 Å². The van der Waals surface area contributed by atoms with Crippen molar-refractivity contribution in [1.82, 2.24) is 15.1 Å². The molecular formula is C14H18N4O3. The minimum atomic E-state index is -0.231. The van der Waals surface area contributed by atoms with Crippen LogP contribution in [0.25, 0.3) is 0 Å². The number of nitrogens with two attached hydrogens (primary N) is 1. The zero-order valence-electron chi connectivity index (χ0n) is 12.0. The molecule has 7 heteroatoms. The Morgan fingerprint density at radius 3 is 2.81 bits per heavy atom. The van der Waals surface area contributed by atoms with Crippen molar-refractivity contribution < 1.29 is 14.3 Å². The van der Waals surface area contributed by atoms with Crippen LogP contribution < -0.4 is 20.5 Å². The Hall–Kier alpha value is -2.70. The van der Waals surface area contributed by atoms with Crippen molar-refractivity contribution in [3.05, 3.63) is 36.2 Å². The fourth-order valence-electron chi connectivity index (χ4n) is 1.95. The first-order valence-electron chi connectivity index (χ1n) is 6.43. The summed E-state index contributed by atoms with van der Waals surface area (Å²) in [4.78, 5) is 12.2. The van der Waals surface area contributed by atoms with E-state index in [2.05, 4.69) is 10.4 Å². The molecule has 21 heavy (non-hydrogen) atoms. The molecule has 1 heterocycles. The molecule has 0 bridgehead atoms. The molecule has 0 radical (unpaired) electrons. The highest BCUT2D eigenvalue weighted by Crippen LogP contribution is 2.30. The van der Waals surface area contributed by atoms with Gasteiger partial charge in [0.1, 0.15) is 0 Å². The van der Waals surface area contributed by atoms with E-state index in [1.807, 2.05) is 0 Å². The maximum absolute atomic E-state index is 12.2. The molecule has 0 atom stereocenters. The van der Waals surface area contributed by atoms with Crippen molar-refractivity contribution >= 4 is 11.6 Å². The van der Waals surface area contributed by atoms with E-state index in [1.54, 1.807) is 35.3 Å². The smallest absolute Gasteiger partial charge is 0.255 e. The van der Waals surface area contributed by atoms with E-state index in [-0.39, 0.29) is 5.91 Å². The average Bonchev–Trinajstić information content (AvgIpc) is 2.91. The third kappa shape index (κ3) is 3.44. The van der Waals surface area contributed by atoms with E-state index in [1.165, 1.54) is 14.2 Å². The molecule has 2 rings (SSSR count). The molecule has 0 aliphatic rings. The zero-order chi connectivity index (χ0) is 15.2. The predicted molar refractivity (Wildman–Crippen MR) is 78.5 cm³/mol. The van der Waals surface area contributed by atoms with Gasteiger partial charge >= 0.3 is 0 Å². The summed E-state index contributed by atoms with van der Waals surface area (Å²) in [6, 6.07) is 5.16. The van der Waals surface area contributed by atoms with Crippen molar-refractivity contribution in [2.75, 3.05) is 26.5 Å². The minimum Gasteiger partial charge on any atom is -0.493 e. The summed E-state index contributed by atoms with van der Waals surface area (Å²) >= 11 is 0. The number of benzene rings is 1. The van der Waals surface area contributed by atoms with Crippen LogP contribution in [0.1, 0.15) is 10.4 Å². The SMILES string of the molecule is COc1cccc(C(=O)NCCn2cc(N)cn2)c1OC. The van der Waals surface area contributed by atoms with Gasteiger partial charge in [0.05, 0.1) is 38.2 Å². The molecule has 0 aliphatic heterocycles. The predicted octanol–water partition coefficient (Wildman–Crippen LogP) is 0.912. The molecule has 2 aromatic rings. The fraction of sp³-hybridized carbons (Fsp3) is 0.286. The van der Waals surface area contributed by atoms with Crippen molar-refractivity contribution in [2.24, 2.45) is 0 Å². The van der Waals surface area contributed by atoms with Crippen LogP contribution in [0.4, 0.5) is 5.69 Å². The van der Waals surface area contributed by atoms with Crippen molar-refractivity contribution in [1.29, 1.82) is 0 Å². The van der Waals surface area contributed by atoms with Crippen molar-refractivity contribution in [3.8, 4) is 11.5 Å². The molecule has 1 aromatic carbocycles. The number of anilines is 1. The molecule has 112 valence electrons. The first-order chi connectivity index (χ1) is 10.2. The van der Waals surface area contributed by atoms with Crippen LogP contribution >= 0.6 is 0 Å². The van der Waals surface area contributed by atoms with Gasteiger partial charge in [0, 0.05) is 12.7 Å². The van der Waals surface area contributed by atoms with Gasteiger partial charge in [0.2, 0.25) is 0 Å². The Morgan fingerprint density at radius 1 is 1.38 bits per heavy atom. The number of nitrogens with zero attached hydrogens (tertiary/aromatic N) is 2. The molecule has 0 fully saturated rings. The normalized spacial score (nSPS) is 10.2. The molecule has 0 spiro atoms. The van der Waals surface area contributed by atoms with Gasteiger partial charge in [0.15, 0.2) is 11.5 Å². The second-order valence-electron chi connectivity index (χ2n) is 4.33. The number of aromatic nitrogens is 2. The summed E-state index contributed by atoms with van der Waals surface area (Å²) < 4.78 is 12.1. The largest absolute Gasteiger partial charge is 0.493 e. The number of para-hydroxylation sites is 1. The number of methoxy groups -OCH3 is 2. The van der Waals surface area contributed by atoms with Crippen LogP contribution in [0.3, 0.4) is 0 Å². The quantitative estimate of drug-likeness (QED) is 0.825. The van der Waals surface area contributed by atoms with Crippen molar-refractivity contribution in [2.45, 2.75) is 6.54 Å².